The number of rotatable bonds is 4. The lowest BCUT2D eigenvalue weighted by Crippen LogP contribution is -2.19. The highest BCUT2D eigenvalue weighted by Gasteiger charge is 2.18. The van der Waals surface area contributed by atoms with Crippen molar-refractivity contribution in [3.63, 3.8) is 0 Å². The van der Waals surface area contributed by atoms with Crippen molar-refractivity contribution in [1.82, 2.24) is 4.72 Å². The minimum atomic E-state index is -3.57. The first-order valence-electron chi connectivity index (χ1n) is 6.00. The summed E-state index contributed by atoms with van der Waals surface area (Å²) in [6.45, 7) is 1.85. The average Bonchev–Trinajstić information content (AvgIpc) is 2.42. The molecule has 0 aromatic heterocycles. The molecule has 106 valence electrons. The van der Waals surface area contributed by atoms with Gasteiger partial charge in [-0.05, 0) is 49.9 Å². The lowest BCUT2D eigenvalue weighted by molar-refractivity contribution is 0.463. The molecule has 0 atom stereocenters. The molecule has 0 radical (unpaired) electrons. The number of hydrogen-bond donors (Lipinski definition) is 2. The largest absolute Gasteiger partial charge is 0.456 e. The molecule has 2 aromatic carbocycles. The van der Waals surface area contributed by atoms with E-state index in [2.05, 4.69) is 4.72 Å². The number of nitrogens with two attached hydrogens (primary N) is 1. The molecule has 20 heavy (non-hydrogen) atoms. The van der Waals surface area contributed by atoms with Crippen molar-refractivity contribution in [1.29, 1.82) is 0 Å². The molecule has 0 spiro atoms. The Morgan fingerprint density at radius 2 is 1.80 bits per heavy atom. The smallest absolute Gasteiger partial charge is 0.244 e. The molecule has 0 aliphatic heterocycles. The highest BCUT2D eigenvalue weighted by molar-refractivity contribution is 7.89. The number of hydrogen-bond acceptors (Lipinski definition) is 4. The van der Waals surface area contributed by atoms with Crippen molar-refractivity contribution < 1.29 is 13.2 Å². The van der Waals surface area contributed by atoms with Gasteiger partial charge in [0.2, 0.25) is 10.0 Å². The molecule has 0 amide bonds. The molecule has 0 saturated carbocycles. The van der Waals surface area contributed by atoms with Gasteiger partial charge in [0.25, 0.3) is 0 Å². The zero-order chi connectivity index (χ0) is 14.8. The molecule has 0 aliphatic rings. The van der Waals surface area contributed by atoms with E-state index in [1.807, 2.05) is 6.92 Å². The predicted molar refractivity (Wildman–Crippen MR) is 78.4 cm³/mol. The van der Waals surface area contributed by atoms with Crippen LogP contribution in [-0.4, -0.2) is 15.5 Å². The number of ether oxygens (including phenoxy) is 1. The fourth-order valence-corrected chi connectivity index (χ4v) is 2.62. The Morgan fingerprint density at radius 3 is 2.45 bits per heavy atom. The van der Waals surface area contributed by atoms with Gasteiger partial charge < -0.3 is 10.5 Å². The van der Waals surface area contributed by atoms with Gasteiger partial charge in [0.15, 0.2) is 0 Å². The zero-order valence-electron chi connectivity index (χ0n) is 11.3. The topological polar surface area (TPSA) is 81.4 Å². The van der Waals surface area contributed by atoms with Crippen LogP contribution in [0.4, 0.5) is 5.69 Å². The number of para-hydroxylation sites is 1. The van der Waals surface area contributed by atoms with Crippen LogP contribution in [0.2, 0.25) is 0 Å². The molecule has 0 unspecified atom stereocenters. The summed E-state index contributed by atoms with van der Waals surface area (Å²) in [6.07, 6.45) is 0. The second kappa shape index (κ2) is 5.52. The van der Waals surface area contributed by atoms with Gasteiger partial charge in [-0.25, -0.2) is 13.1 Å². The van der Waals surface area contributed by atoms with E-state index in [1.165, 1.54) is 13.1 Å². The fraction of sp³-hybridized carbons (Fsp3) is 0.143. The van der Waals surface area contributed by atoms with Crippen molar-refractivity contribution in [3.8, 4) is 11.5 Å². The van der Waals surface area contributed by atoms with Crippen molar-refractivity contribution in [2.24, 2.45) is 0 Å². The van der Waals surface area contributed by atoms with Crippen LogP contribution < -0.4 is 15.2 Å². The van der Waals surface area contributed by atoms with Gasteiger partial charge in [0.1, 0.15) is 16.4 Å². The van der Waals surface area contributed by atoms with E-state index >= 15 is 0 Å². The Bertz CT molecular complexity index is 727. The van der Waals surface area contributed by atoms with Gasteiger partial charge in [-0.1, -0.05) is 12.1 Å². The van der Waals surface area contributed by atoms with E-state index in [-0.39, 0.29) is 10.6 Å². The lowest BCUT2D eigenvalue weighted by Gasteiger charge is -2.13. The fourth-order valence-electron chi connectivity index (χ4n) is 1.77. The Morgan fingerprint density at radius 1 is 1.10 bits per heavy atom. The van der Waals surface area contributed by atoms with Crippen molar-refractivity contribution in [3.05, 3.63) is 48.0 Å². The van der Waals surface area contributed by atoms with Crippen LogP contribution in [0.5, 0.6) is 11.5 Å². The third kappa shape index (κ3) is 2.92. The Balaban J connectivity index is 2.45. The Kier molecular flexibility index (Phi) is 3.96. The van der Waals surface area contributed by atoms with Crippen molar-refractivity contribution >= 4 is 15.7 Å². The van der Waals surface area contributed by atoms with Crippen LogP contribution in [0.25, 0.3) is 0 Å². The summed E-state index contributed by atoms with van der Waals surface area (Å²) in [7, 11) is -2.21. The minimum Gasteiger partial charge on any atom is -0.456 e. The maximum Gasteiger partial charge on any atom is 0.244 e. The molecule has 2 rings (SSSR count). The third-order valence-corrected chi connectivity index (χ3v) is 4.28. The molecule has 0 heterocycles. The summed E-state index contributed by atoms with van der Waals surface area (Å²) < 4.78 is 31.9. The second-order valence-corrected chi connectivity index (χ2v) is 6.14. The number of benzene rings is 2. The zero-order valence-corrected chi connectivity index (χ0v) is 12.1. The highest BCUT2D eigenvalue weighted by Crippen LogP contribution is 2.31. The number of nitrogen functional groups attached to an aromatic ring is 1. The Labute approximate surface area is 118 Å². The second-order valence-electron chi connectivity index (χ2n) is 4.28. The SMILES string of the molecule is CNS(=O)(=O)c1ccccc1Oc1ccc(N)cc1C. The first kappa shape index (κ1) is 14.4. The number of anilines is 1. The van der Waals surface area contributed by atoms with E-state index in [4.69, 9.17) is 10.5 Å². The van der Waals surface area contributed by atoms with Crippen LogP contribution >= 0.6 is 0 Å². The van der Waals surface area contributed by atoms with E-state index in [0.717, 1.165) is 5.56 Å². The summed E-state index contributed by atoms with van der Waals surface area (Å²) in [4.78, 5) is 0.0960. The third-order valence-electron chi connectivity index (χ3n) is 2.83. The summed E-state index contributed by atoms with van der Waals surface area (Å²) in [5.74, 6) is 0.840. The molecule has 0 fully saturated rings. The summed E-state index contributed by atoms with van der Waals surface area (Å²) in [5.41, 5.74) is 7.15. The molecule has 0 aliphatic carbocycles. The van der Waals surface area contributed by atoms with Crippen LogP contribution in [-0.2, 0) is 10.0 Å². The summed E-state index contributed by atoms with van der Waals surface area (Å²) >= 11 is 0. The molecular weight excluding hydrogens is 276 g/mol. The molecule has 0 bridgehead atoms. The molecule has 3 N–H and O–H groups in total. The molecule has 2 aromatic rings. The number of nitrogens with one attached hydrogen (secondary N) is 1. The van der Waals surface area contributed by atoms with E-state index in [0.29, 0.717) is 11.4 Å². The van der Waals surface area contributed by atoms with E-state index < -0.39 is 10.0 Å². The quantitative estimate of drug-likeness (QED) is 0.847. The summed E-state index contributed by atoms with van der Waals surface area (Å²) in [6, 6.07) is 11.7. The highest BCUT2D eigenvalue weighted by atomic mass is 32.2. The van der Waals surface area contributed by atoms with Crippen molar-refractivity contribution in [2.45, 2.75) is 11.8 Å². The molecular formula is C14H16N2O3S. The van der Waals surface area contributed by atoms with Gasteiger partial charge in [-0.2, -0.15) is 0 Å². The molecule has 0 saturated heterocycles. The van der Waals surface area contributed by atoms with Crippen molar-refractivity contribution in [2.75, 3.05) is 12.8 Å². The first-order chi connectivity index (χ1) is 9.44. The maximum atomic E-state index is 11.9. The van der Waals surface area contributed by atoms with E-state index in [1.54, 1.807) is 36.4 Å². The van der Waals surface area contributed by atoms with Crippen LogP contribution in [0, 0.1) is 6.92 Å². The number of sulfonamides is 1. The van der Waals surface area contributed by atoms with Crippen LogP contribution in [0.3, 0.4) is 0 Å². The van der Waals surface area contributed by atoms with Gasteiger partial charge in [-0.15, -0.1) is 0 Å². The summed E-state index contributed by atoms with van der Waals surface area (Å²) in [5, 5.41) is 0. The van der Waals surface area contributed by atoms with Gasteiger partial charge in [0.05, 0.1) is 0 Å². The standard InChI is InChI=1S/C14H16N2O3S/c1-10-9-11(15)7-8-12(10)19-13-5-3-4-6-14(13)20(17,18)16-2/h3-9,16H,15H2,1-2H3. The number of aryl methyl sites for hydroxylation is 1. The monoisotopic (exact) mass is 292 g/mol. The Hall–Kier alpha value is -2.05. The molecule has 6 heteroatoms. The van der Waals surface area contributed by atoms with Gasteiger partial charge >= 0.3 is 0 Å². The maximum absolute atomic E-state index is 11.9. The first-order valence-corrected chi connectivity index (χ1v) is 7.49. The predicted octanol–water partition coefficient (Wildman–Crippen LogP) is 2.28. The van der Waals surface area contributed by atoms with Crippen LogP contribution in [0.15, 0.2) is 47.4 Å². The minimum absolute atomic E-state index is 0.0960. The lowest BCUT2D eigenvalue weighted by atomic mass is 10.2. The molecule has 5 nitrogen and oxygen atoms in total. The van der Waals surface area contributed by atoms with Gasteiger partial charge in [0, 0.05) is 5.69 Å². The normalized spacial score (nSPS) is 11.3. The average molecular weight is 292 g/mol. The van der Waals surface area contributed by atoms with Gasteiger partial charge in [-0.3, -0.25) is 0 Å². The van der Waals surface area contributed by atoms with Crippen LogP contribution in [0.1, 0.15) is 5.56 Å². The van der Waals surface area contributed by atoms with E-state index in [9.17, 15) is 8.42 Å².